The van der Waals surface area contributed by atoms with E-state index in [1.54, 1.807) is 12.1 Å². The van der Waals surface area contributed by atoms with E-state index in [2.05, 4.69) is 45.0 Å². The highest BCUT2D eigenvalue weighted by molar-refractivity contribution is 7.99. The smallest absolute Gasteiger partial charge is 0.387 e. The number of carbonyl (C=O) groups is 1. The maximum atomic E-state index is 12.7. The summed E-state index contributed by atoms with van der Waals surface area (Å²) in [7, 11) is 0. The van der Waals surface area contributed by atoms with Crippen LogP contribution in [0.15, 0.2) is 53.7 Å². The SMILES string of the molecule is Cc1cccc(N2CCN(C(=O)CSc3nnc(-c4ccc(OC(F)F)cc4)n3N)CC2)c1. The van der Waals surface area contributed by atoms with Crippen LogP contribution in [-0.4, -0.2) is 64.2 Å². The number of thioether (sulfide) groups is 1. The van der Waals surface area contributed by atoms with Crippen LogP contribution in [0.5, 0.6) is 5.75 Å². The number of aromatic nitrogens is 3. The van der Waals surface area contributed by atoms with E-state index in [0.29, 0.717) is 29.6 Å². The number of alkyl halides is 2. The third kappa shape index (κ3) is 5.54. The molecule has 3 aromatic rings. The lowest BCUT2D eigenvalue weighted by Crippen LogP contribution is -2.49. The van der Waals surface area contributed by atoms with Crippen molar-refractivity contribution in [3.8, 4) is 17.1 Å². The molecule has 174 valence electrons. The van der Waals surface area contributed by atoms with E-state index >= 15 is 0 Å². The number of hydrogen-bond donors (Lipinski definition) is 1. The van der Waals surface area contributed by atoms with E-state index in [9.17, 15) is 13.6 Å². The fourth-order valence-electron chi connectivity index (χ4n) is 3.61. The first-order valence-electron chi connectivity index (χ1n) is 10.4. The molecule has 0 unspecified atom stereocenters. The van der Waals surface area contributed by atoms with Crippen LogP contribution in [-0.2, 0) is 4.79 Å². The van der Waals surface area contributed by atoms with Crippen LogP contribution < -0.4 is 15.5 Å². The minimum absolute atomic E-state index is 0.0157. The van der Waals surface area contributed by atoms with E-state index < -0.39 is 6.61 Å². The Hall–Kier alpha value is -3.34. The van der Waals surface area contributed by atoms with Gasteiger partial charge in [0.25, 0.3) is 0 Å². The van der Waals surface area contributed by atoms with Gasteiger partial charge in [-0.2, -0.15) is 8.78 Å². The van der Waals surface area contributed by atoms with Crippen LogP contribution in [0.4, 0.5) is 14.5 Å². The fourth-order valence-corrected chi connectivity index (χ4v) is 4.37. The second-order valence-electron chi connectivity index (χ2n) is 7.57. The Morgan fingerprint density at radius 2 is 1.85 bits per heavy atom. The van der Waals surface area contributed by atoms with Crippen molar-refractivity contribution in [3.63, 3.8) is 0 Å². The van der Waals surface area contributed by atoms with Gasteiger partial charge in [-0.3, -0.25) is 4.79 Å². The molecule has 1 aliphatic heterocycles. The summed E-state index contributed by atoms with van der Waals surface area (Å²) in [5, 5.41) is 8.52. The highest BCUT2D eigenvalue weighted by atomic mass is 32.2. The van der Waals surface area contributed by atoms with E-state index in [4.69, 9.17) is 5.84 Å². The van der Waals surface area contributed by atoms with Crippen molar-refractivity contribution in [1.82, 2.24) is 19.8 Å². The third-order valence-electron chi connectivity index (χ3n) is 5.33. The lowest BCUT2D eigenvalue weighted by Gasteiger charge is -2.36. The van der Waals surface area contributed by atoms with Crippen molar-refractivity contribution >= 4 is 23.4 Å². The van der Waals surface area contributed by atoms with Crippen molar-refractivity contribution in [1.29, 1.82) is 0 Å². The van der Waals surface area contributed by atoms with Gasteiger partial charge in [0.05, 0.1) is 5.75 Å². The Kier molecular flexibility index (Phi) is 6.97. The summed E-state index contributed by atoms with van der Waals surface area (Å²) >= 11 is 1.21. The Morgan fingerprint density at radius 3 is 2.52 bits per heavy atom. The van der Waals surface area contributed by atoms with E-state index in [1.165, 1.54) is 39.8 Å². The normalized spacial score (nSPS) is 14.1. The summed E-state index contributed by atoms with van der Waals surface area (Å²) in [6.45, 7) is 2.05. The molecule has 1 aliphatic rings. The molecule has 2 aromatic carbocycles. The Labute approximate surface area is 194 Å². The molecule has 1 aromatic heterocycles. The molecule has 1 fully saturated rings. The molecule has 2 heterocycles. The molecule has 0 aliphatic carbocycles. The average Bonchev–Trinajstić information content (AvgIpc) is 3.18. The quantitative estimate of drug-likeness (QED) is 0.416. The van der Waals surface area contributed by atoms with E-state index in [0.717, 1.165) is 13.1 Å². The molecule has 1 amide bonds. The van der Waals surface area contributed by atoms with Crippen LogP contribution in [0.3, 0.4) is 0 Å². The number of halogens is 2. The minimum atomic E-state index is -2.89. The fraction of sp³-hybridized carbons (Fsp3) is 0.318. The van der Waals surface area contributed by atoms with Crippen LogP contribution in [0.25, 0.3) is 11.4 Å². The van der Waals surface area contributed by atoms with E-state index in [-0.39, 0.29) is 17.4 Å². The molecule has 33 heavy (non-hydrogen) atoms. The van der Waals surface area contributed by atoms with Crippen LogP contribution in [0.1, 0.15) is 5.56 Å². The summed E-state index contributed by atoms with van der Waals surface area (Å²) in [6, 6.07) is 14.3. The van der Waals surface area contributed by atoms with Crippen molar-refractivity contribution in [2.45, 2.75) is 18.7 Å². The average molecular weight is 475 g/mol. The lowest BCUT2D eigenvalue weighted by molar-refractivity contribution is -0.128. The standard InChI is InChI=1S/C22H24F2N6O2S/c1-15-3-2-4-17(13-15)28-9-11-29(12-10-28)19(31)14-33-22-27-26-20(30(22)25)16-5-7-18(8-6-16)32-21(23)24/h2-8,13,21H,9-12,14,25H2,1H3. The predicted octanol–water partition coefficient (Wildman–Crippen LogP) is 3.01. The number of benzene rings is 2. The summed E-state index contributed by atoms with van der Waals surface area (Å²) < 4.78 is 30.2. The molecule has 8 nitrogen and oxygen atoms in total. The van der Waals surface area contributed by atoms with Gasteiger partial charge in [0.2, 0.25) is 11.1 Å². The largest absolute Gasteiger partial charge is 0.435 e. The first-order chi connectivity index (χ1) is 15.9. The molecule has 0 spiro atoms. The first-order valence-corrected chi connectivity index (χ1v) is 11.4. The molecular weight excluding hydrogens is 450 g/mol. The van der Waals surface area contributed by atoms with Crippen LogP contribution in [0, 0.1) is 6.92 Å². The Bertz CT molecular complexity index is 1100. The molecule has 0 bridgehead atoms. The van der Waals surface area contributed by atoms with Crippen molar-refractivity contribution in [2.75, 3.05) is 42.7 Å². The molecule has 11 heteroatoms. The zero-order valence-electron chi connectivity index (χ0n) is 18.0. The van der Waals surface area contributed by atoms with Gasteiger partial charge < -0.3 is 20.4 Å². The Morgan fingerprint density at radius 1 is 1.12 bits per heavy atom. The molecule has 1 saturated heterocycles. The van der Waals surface area contributed by atoms with Crippen molar-refractivity contribution in [3.05, 3.63) is 54.1 Å². The molecular formula is C22H24F2N6O2S. The zero-order chi connectivity index (χ0) is 23.4. The molecule has 4 rings (SSSR count). The summed E-state index contributed by atoms with van der Waals surface area (Å²) in [4.78, 5) is 16.8. The highest BCUT2D eigenvalue weighted by Gasteiger charge is 2.22. The number of rotatable bonds is 7. The minimum Gasteiger partial charge on any atom is -0.435 e. The van der Waals surface area contributed by atoms with Gasteiger partial charge in [-0.1, -0.05) is 23.9 Å². The number of ether oxygens (including phenoxy) is 1. The second kappa shape index (κ2) is 10.1. The number of nitrogen functional groups attached to an aromatic ring is 1. The topological polar surface area (TPSA) is 89.5 Å². The van der Waals surface area contributed by atoms with Gasteiger partial charge in [0, 0.05) is 37.4 Å². The number of carbonyl (C=O) groups excluding carboxylic acids is 1. The zero-order valence-corrected chi connectivity index (χ0v) is 18.8. The number of hydrogen-bond acceptors (Lipinski definition) is 7. The van der Waals surface area contributed by atoms with Gasteiger partial charge in [-0.05, 0) is 48.9 Å². The van der Waals surface area contributed by atoms with Crippen molar-refractivity contribution in [2.24, 2.45) is 0 Å². The molecule has 0 atom stereocenters. The van der Waals surface area contributed by atoms with Gasteiger partial charge in [0.1, 0.15) is 5.75 Å². The molecule has 0 saturated carbocycles. The van der Waals surface area contributed by atoms with Gasteiger partial charge >= 0.3 is 6.61 Å². The molecule has 0 radical (unpaired) electrons. The van der Waals surface area contributed by atoms with Gasteiger partial charge in [-0.15, -0.1) is 10.2 Å². The summed E-state index contributed by atoms with van der Waals surface area (Å²) in [5.74, 6) is 6.72. The lowest BCUT2D eigenvalue weighted by atomic mass is 10.2. The highest BCUT2D eigenvalue weighted by Crippen LogP contribution is 2.25. The monoisotopic (exact) mass is 474 g/mol. The number of aryl methyl sites for hydroxylation is 1. The maximum absolute atomic E-state index is 12.7. The number of nitrogens with zero attached hydrogens (tertiary/aromatic N) is 5. The Balaban J connectivity index is 1.31. The second-order valence-corrected chi connectivity index (χ2v) is 8.52. The summed E-state index contributed by atoms with van der Waals surface area (Å²) in [6.07, 6.45) is 0. The van der Waals surface area contributed by atoms with Crippen LogP contribution >= 0.6 is 11.8 Å². The van der Waals surface area contributed by atoms with Crippen molar-refractivity contribution < 1.29 is 18.3 Å². The van der Waals surface area contributed by atoms with Gasteiger partial charge in [0.15, 0.2) is 5.82 Å². The third-order valence-corrected chi connectivity index (χ3v) is 6.25. The van der Waals surface area contributed by atoms with Gasteiger partial charge in [-0.25, -0.2) is 4.68 Å². The summed E-state index contributed by atoms with van der Waals surface area (Å²) in [5.41, 5.74) is 2.98. The maximum Gasteiger partial charge on any atom is 0.387 e. The van der Waals surface area contributed by atoms with Crippen LogP contribution in [0.2, 0.25) is 0 Å². The van der Waals surface area contributed by atoms with E-state index in [1.807, 2.05) is 11.0 Å². The first kappa shape index (κ1) is 22.8. The number of nitrogens with two attached hydrogens (primary N) is 1. The molecule has 2 N–H and O–H groups in total. The number of amides is 1. The predicted molar refractivity (Wildman–Crippen MR) is 123 cm³/mol. The number of anilines is 1. The number of piperazine rings is 1.